The summed E-state index contributed by atoms with van der Waals surface area (Å²) in [7, 11) is 0. The number of nitrogen functional groups attached to an aromatic ring is 1. The summed E-state index contributed by atoms with van der Waals surface area (Å²) < 4.78 is 1.75. The molecule has 5 heteroatoms. The zero-order valence-electron chi connectivity index (χ0n) is 10.5. The van der Waals surface area contributed by atoms with Crippen LogP contribution in [0.15, 0.2) is 30.6 Å². The molecule has 0 fully saturated rings. The summed E-state index contributed by atoms with van der Waals surface area (Å²) in [4.78, 5) is 12.1. The third-order valence-corrected chi connectivity index (χ3v) is 2.72. The van der Waals surface area contributed by atoms with E-state index in [1.807, 2.05) is 19.9 Å². The van der Waals surface area contributed by atoms with Gasteiger partial charge in [0.2, 0.25) is 0 Å². The maximum atomic E-state index is 12.1. The molecule has 0 atom stereocenters. The van der Waals surface area contributed by atoms with Crippen LogP contribution in [0.3, 0.4) is 0 Å². The van der Waals surface area contributed by atoms with Gasteiger partial charge >= 0.3 is 0 Å². The Bertz CT molecular complexity index is 574. The minimum Gasteiger partial charge on any atom is -0.399 e. The lowest BCUT2D eigenvalue weighted by Crippen LogP contribution is -2.13. The molecule has 0 spiro atoms. The van der Waals surface area contributed by atoms with Gasteiger partial charge in [-0.15, -0.1) is 0 Å². The minimum atomic E-state index is -0.171. The first-order chi connectivity index (χ1) is 8.60. The van der Waals surface area contributed by atoms with Crippen LogP contribution in [-0.2, 0) is 6.54 Å². The van der Waals surface area contributed by atoms with E-state index in [1.54, 1.807) is 29.2 Å². The van der Waals surface area contributed by atoms with Crippen molar-refractivity contribution in [3.8, 4) is 0 Å². The van der Waals surface area contributed by atoms with E-state index in [0.29, 0.717) is 16.9 Å². The molecule has 0 aliphatic rings. The monoisotopic (exact) mass is 244 g/mol. The predicted molar refractivity (Wildman–Crippen MR) is 71.4 cm³/mol. The smallest absolute Gasteiger partial charge is 0.256 e. The first kappa shape index (κ1) is 12.2. The zero-order valence-corrected chi connectivity index (χ0v) is 10.5. The molecule has 18 heavy (non-hydrogen) atoms. The minimum absolute atomic E-state index is 0.171. The number of benzene rings is 1. The highest BCUT2D eigenvalue weighted by Gasteiger charge is 2.10. The molecule has 1 aromatic carbocycles. The average molecular weight is 244 g/mol. The summed E-state index contributed by atoms with van der Waals surface area (Å²) in [5.41, 5.74) is 8.43. The second kappa shape index (κ2) is 4.91. The van der Waals surface area contributed by atoms with Crippen molar-refractivity contribution in [1.29, 1.82) is 0 Å². The number of rotatable bonds is 3. The highest BCUT2D eigenvalue weighted by atomic mass is 16.1. The summed E-state index contributed by atoms with van der Waals surface area (Å²) >= 11 is 0. The molecule has 0 bridgehead atoms. The maximum absolute atomic E-state index is 12.1. The second-order valence-electron chi connectivity index (χ2n) is 4.11. The maximum Gasteiger partial charge on any atom is 0.256 e. The highest BCUT2D eigenvalue weighted by molar-refractivity contribution is 6.05. The molecule has 3 N–H and O–H groups in total. The van der Waals surface area contributed by atoms with Crippen LogP contribution < -0.4 is 11.1 Å². The molecule has 0 radical (unpaired) electrons. The van der Waals surface area contributed by atoms with Crippen LogP contribution in [0.4, 0.5) is 11.4 Å². The number of anilines is 2. The molecule has 0 unspecified atom stereocenters. The topological polar surface area (TPSA) is 72.9 Å². The Morgan fingerprint density at radius 1 is 1.50 bits per heavy atom. The number of nitrogens with one attached hydrogen (secondary N) is 1. The number of amides is 1. The first-order valence-electron chi connectivity index (χ1n) is 5.80. The van der Waals surface area contributed by atoms with Gasteiger partial charge in [-0.2, -0.15) is 5.10 Å². The fourth-order valence-corrected chi connectivity index (χ4v) is 1.68. The summed E-state index contributed by atoms with van der Waals surface area (Å²) in [5.74, 6) is -0.171. The SMILES string of the molecule is CCn1cc(NC(=O)c2cc(N)ccc2C)cn1. The van der Waals surface area contributed by atoms with Gasteiger partial charge in [0.05, 0.1) is 11.9 Å². The fraction of sp³-hybridized carbons (Fsp3) is 0.231. The van der Waals surface area contributed by atoms with Crippen LogP contribution in [0, 0.1) is 6.92 Å². The van der Waals surface area contributed by atoms with E-state index in [9.17, 15) is 4.79 Å². The van der Waals surface area contributed by atoms with Gasteiger partial charge in [0.15, 0.2) is 0 Å². The normalized spacial score (nSPS) is 10.3. The lowest BCUT2D eigenvalue weighted by atomic mass is 10.1. The van der Waals surface area contributed by atoms with Crippen molar-refractivity contribution >= 4 is 17.3 Å². The molecule has 0 aliphatic carbocycles. The van der Waals surface area contributed by atoms with E-state index in [0.717, 1.165) is 12.1 Å². The van der Waals surface area contributed by atoms with Crippen LogP contribution in [0.1, 0.15) is 22.8 Å². The number of aromatic nitrogens is 2. The zero-order chi connectivity index (χ0) is 13.1. The summed E-state index contributed by atoms with van der Waals surface area (Å²) in [6.07, 6.45) is 3.42. The number of nitrogens with two attached hydrogens (primary N) is 1. The van der Waals surface area contributed by atoms with E-state index >= 15 is 0 Å². The van der Waals surface area contributed by atoms with E-state index in [2.05, 4.69) is 10.4 Å². The lowest BCUT2D eigenvalue weighted by Gasteiger charge is -2.06. The standard InChI is InChI=1S/C13H16N4O/c1-3-17-8-11(7-15-17)16-13(18)12-6-10(14)5-4-9(12)2/h4-8H,3,14H2,1-2H3,(H,16,18). The van der Waals surface area contributed by atoms with E-state index in [-0.39, 0.29) is 5.91 Å². The second-order valence-corrected chi connectivity index (χ2v) is 4.11. The molecule has 0 aliphatic heterocycles. The van der Waals surface area contributed by atoms with Crippen molar-refractivity contribution in [3.63, 3.8) is 0 Å². The molecule has 94 valence electrons. The molecule has 1 amide bonds. The Balaban J connectivity index is 2.19. The quantitative estimate of drug-likeness (QED) is 0.811. The molecular weight excluding hydrogens is 228 g/mol. The lowest BCUT2D eigenvalue weighted by molar-refractivity contribution is 0.102. The third-order valence-electron chi connectivity index (χ3n) is 2.72. The van der Waals surface area contributed by atoms with Gasteiger partial charge in [0.25, 0.3) is 5.91 Å². The van der Waals surface area contributed by atoms with E-state index in [4.69, 9.17) is 5.73 Å². The van der Waals surface area contributed by atoms with Gasteiger partial charge in [-0.05, 0) is 31.5 Å². The Kier molecular flexibility index (Phi) is 3.32. The van der Waals surface area contributed by atoms with Gasteiger partial charge in [0.1, 0.15) is 0 Å². The summed E-state index contributed by atoms with van der Waals surface area (Å²) in [5, 5.41) is 6.90. The van der Waals surface area contributed by atoms with Crippen LogP contribution in [0.5, 0.6) is 0 Å². The molecular formula is C13H16N4O. The average Bonchev–Trinajstić information content (AvgIpc) is 2.80. The molecule has 2 rings (SSSR count). The van der Waals surface area contributed by atoms with Crippen LogP contribution in [0.25, 0.3) is 0 Å². The number of nitrogens with zero attached hydrogens (tertiary/aromatic N) is 2. The Morgan fingerprint density at radius 2 is 2.28 bits per heavy atom. The van der Waals surface area contributed by atoms with Gasteiger partial charge in [-0.3, -0.25) is 9.48 Å². The molecule has 5 nitrogen and oxygen atoms in total. The largest absolute Gasteiger partial charge is 0.399 e. The molecule has 1 heterocycles. The van der Waals surface area contributed by atoms with E-state index < -0.39 is 0 Å². The summed E-state index contributed by atoms with van der Waals surface area (Å²) in [6, 6.07) is 5.29. The van der Waals surface area contributed by atoms with Crippen molar-refractivity contribution < 1.29 is 4.79 Å². The molecule has 2 aromatic rings. The van der Waals surface area contributed by atoms with Crippen LogP contribution in [-0.4, -0.2) is 15.7 Å². The Hall–Kier alpha value is -2.30. The number of hydrogen-bond donors (Lipinski definition) is 2. The van der Waals surface area contributed by atoms with Crippen molar-refractivity contribution in [2.45, 2.75) is 20.4 Å². The Morgan fingerprint density at radius 3 is 2.94 bits per heavy atom. The molecule has 0 saturated carbocycles. The van der Waals surface area contributed by atoms with Gasteiger partial charge in [0, 0.05) is 24.0 Å². The van der Waals surface area contributed by atoms with Crippen molar-refractivity contribution in [2.75, 3.05) is 11.1 Å². The number of hydrogen-bond acceptors (Lipinski definition) is 3. The Labute approximate surface area is 106 Å². The summed E-state index contributed by atoms with van der Waals surface area (Å²) in [6.45, 7) is 4.64. The molecule has 1 aromatic heterocycles. The number of aryl methyl sites for hydroxylation is 2. The van der Waals surface area contributed by atoms with Crippen molar-refractivity contribution in [3.05, 3.63) is 41.7 Å². The first-order valence-corrected chi connectivity index (χ1v) is 5.80. The van der Waals surface area contributed by atoms with E-state index in [1.165, 1.54) is 0 Å². The predicted octanol–water partition coefficient (Wildman–Crippen LogP) is 2.05. The number of carbonyl (C=O) groups excluding carboxylic acids is 1. The van der Waals surface area contributed by atoms with Gasteiger partial charge in [-0.25, -0.2) is 0 Å². The van der Waals surface area contributed by atoms with Crippen molar-refractivity contribution in [1.82, 2.24) is 9.78 Å². The third kappa shape index (κ3) is 2.51. The highest BCUT2D eigenvalue weighted by Crippen LogP contribution is 2.15. The van der Waals surface area contributed by atoms with Gasteiger partial charge in [-0.1, -0.05) is 6.07 Å². The van der Waals surface area contributed by atoms with Crippen LogP contribution >= 0.6 is 0 Å². The van der Waals surface area contributed by atoms with Crippen LogP contribution in [0.2, 0.25) is 0 Å². The van der Waals surface area contributed by atoms with Crippen molar-refractivity contribution in [2.24, 2.45) is 0 Å². The van der Waals surface area contributed by atoms with Gasteiger partial charge < -0.3 is 11.1 Å². The number of carbonyl (C=O) groups is 1. The fourth-order valence-electron chi connectivity index (χ4n) is 1.68. The molecule has 0 saturated heterocycles.